The van der Waals surface area contributed by atoms with Gasteiger partial charge in [-0.15, -0.1) is 11.8 Å². The van der Waals surface area contributed by atoms with Crippen molar-refractivity contribution in [1.29, 1.82) is 0 Å². The van der Waals surface area contributed by atoms with E-state index >= 15 is 0 Å². The third-order valence-electron chi connectivity index (χ3n) is 3.55. The van der Waals surface area contributed by atoms with Crippen molar-refractivity contribution in [3.63, 3.8) is 0 Å². The zero-order chi connectivity index (χ0) is 15.9. The van der Waals surface area contributed by atoms with Crippen LogP contribution in [-0.4, -0.2) is 21.4 Å². The largest absolute Gasteiger partial charge is 0.310 e. The van der Waals surface area contributed by atoms with Gasteiger partial charge in [0.15, 0.2) is 0 Å². The fourth-order valence-electron chi connectivity index (χ4n) is 2.53. The average Bonchev–Trinajstić information content (AvgIpc) is 2.68. The van der Waals surface area contributed by atoms with Gasteiger partial charge in [-0.1, -0.05) is 23.7 Å². The number of carbonyl (C=O) groups excluding carboxylic acids is 1. The van der Waals surface area contributed by atoms with Crippen molar-refractivity contribution >= 4 is 35.1 Å². The molecule has 3 rings (SSSR count). The third-order valence-corrected chi connectivity index (χ3v) is 5.07. The highest BCUT2D eigenvalue weighted by molar-refractivity contribution is 8.00. The molecule has 0 fully saturated rings. The SMILES string of the molecule is CC(C)n1[nH]c(=O)c2c1NC(=O)CS[C@@H]2c1ccc(Cl)cc1. The van der Waals surface area contributed by atoms with Crippen molar-refractivity contribution in [2.75, 3.05) is 11.1 Å². The van der Waals surface area contributed by atoms with Gasteiger partial charge in [0.25, 0.3) is 5.56 Å². The maximum atomic E-state index is 12.4. The summed E-state index contributed by atoms with van der Waals surface area (Å²) in [6, 6.07) is 7.43. The monoisotopic (exact) mass is 337 g/mol. The Bertz CT molecular complexity index is 764. The summed E-state index contributed by atoms with van der Waals surface area (Å²) >= 11 is 7.38. The number of aromatic nitrogens is 2. The molecule has 2 N–H and O–H groups in total. The zero-order valence-electron chi connectivity index (χ0n) is 12.2. The van der Waals surface area contributed by atoms with Crippen molar-refractivity contribution < 1.29 is 4.79 Å². The highest BCUT2D eigenvalue weighted by atomic mass is 35.5. The number of hydrogen-bond acceptors (Lipinski definition) is 3. The Morgan fingerprint density at radius 3 is 2.59 bits per heavy atom. The summed E-state index contributed by atoms with van der Waals surface area (Å²) in [7, 11) is 0. The molecule has 1 atom stereocenters. The highest BCUT2D eigenvalue weighted by Crippen LogP contribution is 2.40. The predicted molar refractivity (Wildman–Crippen MR) is 89.8 cm³/mol. The van der Waals surface area contributed by atoms with Crippen LogP contribution in [0.15, 0.2) is 29.1 Å². The number of nitrogens with zero attached hydrogens (tertiary/aromatic N) is 1. The second-order valence-electron chi connectivity index (χ2n) is 5.46. The van der Waals surface area contributed by atoms with Gasteiger partial charge >= 0.3 is 0 Å². The molecule has 7 heteroatoms. The normalized spacial score (nSPS) is 18.0. The molecule has 1 aliphatic rings. The summed E-state index contributed by atoms with van der Waals surface area (Å²) in [5.74, 6) is 0.769. The molecule has 0 bridgehead atoms. The Labute approximate surface area is 137 Å². The number of H-pyrrole nitrogens is 1. The summed E-state index contributed by atoms with van der Waals surface area (Å²) < 4.78 is 1.71. The van der Waals surface area contributed by atoms with Gasteiger partial charge in [0.05, 0.1) is 16.6 Å². The van der Waals surface area contributed by atoms with Crippen LogP contribution in [0.4, 0.5) is 5.82 Å². The maximum absolute atomic E-state index is 12.4. The van der Waals surface area contributed by atoms with Gasteiger partial charge < -0.3 is 5.32 Å². The van der Waals surface area contributed by atoms with Gasteiger partial charge in [-0.3, -0.25) is 19.4 Å². The number of aromatic amines is 1. The molecule has 0 radical (unpaired) electrons. The molecule has 116 valence electrons. The van der Waals surface area contributed by atoms with Crippen LogP contribution in [0.5, 0.6) is 0 Å². The van der Waals surface area contributed by atoms with E-state index in [0.717, 1.165) is 5.56 Å². The number of amides is 1. The Hall–Kier alpha value is -1.66. The lowest BCUT2D eigenvalue weighted by Gasteiger charge is -2.15. The minimum absolute atomic E-state index is 0.0470. The summed E-state index contributed by atoms with van der Waals surface area (Å²) in [5, 5.41) is 6.12. The first kappa shape index (κ1) is 15.2. The van der Waals surface area contributed by atoms with E-state index in [1.54, 1.807) is 16.8 Å². The van der Waals surface area contributed by atoms with Crippen LogP contribution in [-0.2, 0) is 4.79 Å². The van der Waals surface area contributed by atoms with Gasteiger partial charge in [-0.2, -0.15) is 0 Å². The molecule has 1 aromatic carbocycles. The van der Waals surface area contributed by atoms with Crippen LogP contribution >= 0.6 is 23.4 Å². The molecule has 2 heterocycles. The van der Waals surface area contributed by atoms with Crippen molar-refractivity contribution in [3.8, 4) is 0 Å². The van der Waals surface area contributed by atoms with Crippen LogP contribution < -0.4 is 10.9 Å². The quantitative estimate of drug-likeness (QED) is 0.884. The fraction of sp³-hybridized carbons (Fsp3) is 0.333. The number of thioether (sulfide) groups is 1. The number of hydrogen-bond donors (Lipinski definition) is 2. The molecular weight excluding hydrogens is 322 g/mol. The molecule has 0 saturated carbocycles. The topological polar surface area (TPSA) is 66.9 Å². The van der Waals surface area contributed by atoms with Crippen LogP contribution in [0.3, 0.4) is 0 Å². The second kappa shape index (κ2) is 5.85. The molecule has 5 nitrogen and oxygen atoms in total. The van der Waals surface area contributed by atoms with Crippen molar-refractivity contribution in [3.05, 3.63) is 50.8 Å². The third kappa shape index (κ3) is 2.68. The second-order valence-corrected chi connectivity index (χ2v) is 6.99. The zero-order valence-corrected chi connectivity index (χ0v) is 13.8. The molecule has 0 aliphatic carbocycles. The molecule has 2 aromatic rings. The van der Waals surface area contributed by atoms with E-state index in [4.69, 9.17) is 11.6 Å². The molecular formula is C15H16ClN3O2S. The van der Waals surface area contributed by atoms with E-state index < -0.39 is 0 Å². The lowest BCUT2D eigenvalue weighted by molar-refractivity contribution is -0.113. The summed E-state index contributed by atoms with van der Waals surface area (Å²) in [6.45, 7) is 3.91. The Morgan fingerprint density at radius 2 is 1.95 bits per heavy atom. The molecule has 22 heavy (non-hydrogen) atoms. The van der Waals surface area contributed by atoms with Gasteiger partial charge in [0, 0.05) is 11.1 Å². The maximum Gasteiger partial charge on any atom is 0.270 e. The standard InChI is InChI=1S/C15H16ClN3O2S/c1-8(2)19-14-12(15(21)18-19)13(22-7-11(20)17-14)9-3-5-10(16)6-4-9/h3-6,8,13H,7H2,1-2H3,(H,17,20)(H,18,21)/t13-/m1/s1. The first-order chi connectivity index (χ1) is 10.5. The highest BCUT2D eigenvalue weighted by Gasteiger charge is 2.30. The number of carbonyl (C=O) groups is 1. The number of nitrogens with one attached hydrogen (secondary N) is 2. The Balaban J connectivity index is 2.17. The lowest BCUT2D eigenvalue weighted by Crippen LogP contribution is -2.17. The van der Waals surface area contributed by atoms with E-state index in [2.05, 4.69) is 10.4 Å². The minimum atomic E-state index is -0.199. The van der Waals surface area contributed by atoms with Gasteiger partial charge in [0.1, 0.15) is 5.82 Å². The molecule has 1 aromatic heterocycles. The van der Waals surface area contributed by atoms with Crippen LogP contribution in [0.2, 0.25) is 5.02 Å². The first-order valence-corrected chi connectivity index (χ1v) is 8.41. The van der Waals surface area contributed by atoms with E-state index in [0.29, 0.717) is 22.2 Å². The van der Waals surface area contributed by atoms with E-state index in [1.165, 1.54) is 11.8 Å². The summed E-state index contributed by atoms with van der Waals surface area (Å²) in [5.41, 5.74) is 1.38. The number of halogens is 1. The van der Waals surface area contributed by atoms with Crippen LogP contribution in [0.25, 0.3) is 0 Å². The first-order valence-electron chi connectivity index (χ1n) is 6.98. The molecule has 1 aliphatic heterocycles. The molecule has 0 unspecified atom stereocenters. The van der Waals surface area contributed by atoms with Crippen LogP contribution in [0, 0.1) is 0 Å². The van der Waals surface area contributed by atoms with Crippen molar-refractivity contribution in [2.24, 2.45) is 0 Å². The predicted octanol–water partition coefficient (Wildman–Crippen LogP) is 3.19. The van der Waals surface area contributed by atoms with Gasteiger partial charge in [-0.05, 0) is 31.5 Å². The van der Waals surface area contributed by atoms with E-state index in [9.17, 15) is 9.59 Å². The average molecular weight is 338 g/mol. The Morgan fingerprint density at radius 1 is 1.27 bits per heavy atom. The minimum Gasteiger partial charge on any atom is -0.310 e. The molecule has 0 saturated heterocycles. The number of anilines is 1. The van der Waals surface area contributed by atoms with Gasteiger partial charge in [0.2, 0.25) is 5.91 Å². The molecule has 0 spiro atoms. The van der Waals surface area contributed by atoms with Crippen LogP contribution in [0.1, 0.15) is 36.3 Å². The van der Waals surface area contributed by atoms with Crippen molar-refractivity contribution in [1.82, 2.24) is 9.78 Å². The number of benzene rings is 1. The smallest absolute Gasteiger partial charge is 0.270 e. The lowest BCUT2D eigenvalue weighted by atomic mass is 10.1. The molecule has 1 amide bonds. The van der Waals surface area contributed by atoms with E-state index in [-0.39, 0.29) is 22.8 Å². The van der Waals surface area contributed by atoms with E-state index in [1.807, 2.05) is 26.0 Å². The summed E-state index contributed by atoms with van der Waals surface area (Å²) in [4.78, 5) is 24.4. The van der Waals surface area contributed by atoms with Crippen molar-refractivity contribution in [2.45, 2.75) is 25.1 Å². The fourth-order valence-corrected chi connectivity index (χ4v) is 3.78. The number of rotatable bonds is 2. The van der Waals surface area contributed by atoms with Gasteiger partial charge in [-0.25, -0.2) is 0 Å². The number of fused-ring (bicyclic) bond motifs is 1. The Kier molecular flexibility index (Phi) is 4.06. The summed E-state index contributed by atoms with van der Waals surface area (Å²) in [6.07, 6.45) is 0.